The van der Waals surface area contributed by atoms with Gasteiger partial charge in [-0.05, 0) is 36.4 Å². The molecule has 1 N–H and O–H groups in total. The van der Waals surface area contributed by atoms with Crippen molar-refractivity contribution in [1.29, 1.82) is 0 Å². The molecule has 2 rings (SSSR count). The third kappa shape index (κ3) is 6.25. The van der Waals surface area contributed by atoms with Gasteiger partial charge >= 0.3 is 6.36 Å². The normalized spacial score (nSPS) is 11.0. The number of halogens is 4. The number of anilines is 1. The number of alkyl halides is 3. The molecule has 0 aliphatic rings. The van der Waals surface area contributed by atoms with Crippen molar-refractivity contribution in [2.24, 2.45) is 0 Å². The van der Waals surface area contributed by atoms with Crippen LogP contribution in [0.3, 0.4) is 0 Å². The molecule has 0 aliphatic carbocycles. The smallest absolute Gasteiger partial charge is 0.406 e. The zero-order valence-corrected chi connectivity index (χ0v) is 12.8. The number of carbonyl (C=O) groups excluding carboxylic acids is 2. The van der Waals surface area contributed by atoms with Crippen LogP contribution in [-0.2, 0) is 4.79 Å². The topological polar surface area (TPSA) is 55.4 Å². The second-order valence-corrected chi connectivity index (χ2v) is 5.05. The number of rotatable bonds is 6. The number of amides is 1. The Labute approximate surface area is 140 Å². The maximum atomic E-state index is 13.0. The number of Topliss-reactive ketones (excluding diaryl/α,β-unsaturated/α-hetero) is 1. The number of carbonyl (C=O) groups is 2. The maximum absolute atomic E-state index is 13.0. The standard InChI is InChI=1S/C17H13F4NO3/c18-12-3-1-2-11(10-12)15(23)8-9-16(24)22-13-4-6-14(7-5-13)25-17(19,20)21/h1-7,10H,8-9H2,(H,22,24). The molecule has 0 saturated carbocycles. The van der Waals surface area contributed by atoms with Gasteiger partial charge < -0.3 is 10.1 Å². The van der Waals surface area contributed by atoms with E-state index in [1.807, 2.05) is 0 Å². The van der Waals surface area contributed by atoms with Crippen LogP contribution in [0, 0.1) is 5.82 Å². The zero-order chi connectivity index (χ0) is 18.4. The Morgan fingerprint density at radius 2 is 1.68 bits per heavy atom. The van der Waals surface area contributed by atoms with Crippen LogP contribution in [0.5, 0.6) is 5.75 Å². The lowest BCUT2D eigenvalue weighted by Gasteiger charge is -2.10. The lowest BCUT2D eigenvalue weighted by molar-refractivity contribution is -0.274. The Bertz CT molecular complexity index is 757. The van der Waals surface area contributed by atoms with Gasteiger partial charge in [0.15, 0.2) is 5.78 Å². The molecule has 0 atom stereocenters. The molecule has 25 heavy (non-hydrogen) atoms. The quantitative estimate of drug-likeness (QED) is 0.620. The summed E-state index contributed by atoms with van der Waals surface area (Å²) in [5, 5.41) is 2.45. The molecule has 8 heteroatoms. The molecular weight excluding hydrogens is 342 g/mol. The van der Waals surface area contributed by atoms with Crippen molar-refractivity contribution in [1.82, 2.24) is 0 Å². The molecule has 1 amide bonds. The summed E-state index contributed by atoms with van der Waals surface area (Å²) in [6.45, 7) is 0. The van der Waals surface area contributed by atoms with Gasteiger partial charge in [0.25, 0.3) is 0 Å². The predicted octanol–water partition coefficient (Wildman–Crippen LogP) is 4.33. The van der Waals surface area contributed by atoms with E-state index in [1.165, 1.54) is 30.3 Å². The van der Waals surface area contributed by atoms with Gasteiger partial charge in [-0.1, -0.05) is 12.1 Å². The summed E-state index contributed by atoms with van der Waals surface area (Å²) in [6.07, 6.45) is -5.05. The van der Waals surface area contributed by atoms with Gasteiger partial charge in [0.2, 0.25) is 5.91 Å². The van der Waals surface area contributed by atoms with Crippen LogP contribution < -0.4 is 10.1 Å². The highest BCUT2D eigenvalue weighted by Gasteiger charge is 2.30. The van der Waals surface area contributed by atoms with E-state index in [-0.39, 0.29) is 29.9 Å². The summed E-state index contributed by atoms with van der Waals surface area (Å²) >= 11 is 0. The molecule has 132 valence electrons. The maximum Gasteiger partial charge on any atom is 0.573 e. The summed E-state index contributed by atoms with van der Waals surface area (Å²) < 4.78 is 52.9. The SMILES string of the molecule is O=C(CCC(=O)c1cccc(F)c1)Nc1ccc(OC(F)(F)F)cc1. The molecule has 2 aromatic rings. The molecule has 0 bridgehead atoms. The van der Waals surface area contributed by atoms with Gasteiger partial charge in [-0.2, -0.15) is 0 Å². The summed E-state index contributed by atoms with van der Waals surface area (Å²) in [5.41, 5.74) is 0.430. The van der Waals surface area contributed by atoms with Crippen molar-refractivity contribution in [2.45, 2.75) is 19.2 Å². The summed E-state index contributed by atoms with van der Waals surface area (Å²) in [5.74, 6) is -1.83. The van der Waals surface area contributed by atoms with E-state index in [0.717, 1.165) is 18.2 Å². The van der Waals surface area contributed by atoms with Crippen LogP contribution in [0.4, 0.5) is 23.2 Å². The minimum atomic E-state index is -4.79. The highest BCUT2D eigenvalue weighted by Crippen LogP contribution is 2.24. The van der Waals surface area contributed by atoms with Gasteiger partial charge in [-0.15, -0.1) is 13.2 Å². The Hall–Kier alpha value is -2.90. The molecule has 0 saturated heterocycles. The van der Waals surface area contributed by atoms with Crippen molar-refractivity contribution >= 4 is 17.4 Å². The third-order valence-corrected chi connectivity index (χ3v) is 3.10. The zero-order valence-electron chi connectivity index (χ0n) is 12.8. The minimum absolute atomic E-state index is 0.120. The van der Waals surface area contributed by atoms with E-state index < -0.39 is 23.8 Å². The van der Waals surface area contributed by atoms with Crippen molar-refractivity contribution in [3.8, 4) is 5.75 Å². The molecule has 0 radical (unpaired) electrons. The second-order valence-electron chi connectivity index (χ2n) is 5.05. The predicted molar refractivity (Wildman–Crippen MR) is 81.7 cm³/mol. The molecule has 4 nitrogen and oxygen atoms in total. The number of hydrogen-bond acceptors (Lipinski definition) is 3. The van der Waals surface area contributed by atoms with E-state index in [9.17, 15) is 27.2 Å². The van der Waals surface area contributed by atoms with Gasteiger partial charge in [0.05, 0.1) is 0 Å². The highest BCUT2D eigenvalue weighted by atomic mass is 19.4. The third-order valence-electron chi connectivity index (χ3n) is 3.10. The second kappa shape index (κ2) is 7.78. The largest absolute Gasteiger partial charge is 0.573 e. The Balaban J connectivity index is 1.85. The molecule has 0 aromatic heterocycles. The van der Waals surface area contributed by atoms with Crippen molar-refractivity contribution in [3.63, 3.8) is 0 Å². The van der Waals surface area contributed by atoms with Gasteiger partial charge in [-0.3, -0.25) is 9.59 Å². The van der Waals surface area contributed by atoms with E-state index in [1.54, 1.807) is 0 Å². The Kier molecular flexibility index (Phi) is 5.74. The van der Waals surface area contributed by atoms with Crippen LogP contribution >= 0.6 is 0 Å². The first-order valence-electron chi connectivity index (χ1n) is 7.17. The summed E-state index contributed by atoms with van der Waals surface area (Å²) in [7, 11) is 0. The molecular formula is C17H13F4NO3. The fourth-order valence-corrected chi connectivity index (χ4v) is 2.00. The highest BCUT2D eigenvalue weighted by molar-refractivity contribution is 6.00. The average molecular weight is 355 g/mol. The first kappa shape index (κ1) is 18.4. The van der Waals surface area contributed by atoms with Gasteiger partial charge in [-0.25, -0.2) is 4.39 Å². The van der Waals surface area contributed by atoms with Crippen molar-refractivity contribution in [3.05, 3.63) is 59.9 Å². The number of nitrogens with one attached hydrogen (secondary N) is 1. The Morgan fingerprint density at radius 3 is 2.28 bits per heavy atom. The monoisotopic (exact) mass is 355 g/mol. The van der Waals surface area contributed by atoms with Gasteiger partial charge in [0.1, 0.15) is 11.6 Å². The molecule has 0 aliphatic heterocycles. The number of benzene rings is 2. The first-order chi connectivity index (χ1) is 11.7. The van der Waals surface area contributed by atoms with Crippen LogP contribution in [-0.4, -0.2) is 18.1 Å². The van der Waals surface area contributed by atoms with E-state index in [4.69, 9.17) is 0 Å². The molecule has 0 unspecified atom stereocenters. The van der Waals surface area contributed by atoms with Crippen LogP contribution in [0.2, 0.25) is 0 Å². The van der Waals surface area contributed by atoms with E-state index in [0.29, 0.717) is 0 Å². The van der Waals surface area contributed by atoms with Crippen LogP contribution in [0.15, 0.2) is 48.5 Å². The lowest BCUT2D eigenvalue weighted by Crippen LogP contribution is -2.17. The van der Waals surface area contributed by atoms with Crippen molar-refractivity contribution < 1.29 is 31.9 Å². The van der Waals surface area contributed by atoms with E-state index >= 15 is 0 Å². The number of ketones is 1. The van der Waals surface area contributed by atoms with Crippen LogP contribution in [0.1, 0.15) is 23.2 Å². The molecule has 0 fully saturated rings. The summed E-state index contributed by atoms with van der Waals surface area (Å²) in [4.78, 5) is 23.6. The fraction of sp³-hybridized carbons (Fsp3) is 0.176. The Morgan fingerprint density at radius 1 is 1.00 bits per heavy atom. The summed E-state index contributed by atoms with van der Waals surface area (Å²) in [6, 6.07) is 9.73. The van der Waals surface area contributed by atoms with Crippen LogP contribution in [0.25, 0.3) is 0 Å². The molecule has 0 heterocycles. The first-order valence-corrected chi connectivity index (χ1v) is 7.17. The number of hydrogen-bond donors (Lipinski definition) is 1. The molecule has 2 aromatic carbocycles. The fourth-order valence-electron chi connectivity index (χ4n) is 2.00. The van der Waals surface area contributed by atoms with E-state index in [2.05, 4.69) is 10.1 Å². The number of ether oxygens (including phenoxy) is 1. The molecule has 0 spiro atoms. The minimum Gasteiger partial charge on any atom is -0.406 e. The van der Waals surface area contributed by atoms with Gasteiger partial charge in [0, 0.05) is 24.1 Å². The lowest BCUT2D eigenvalue weighted by atomic mass is 10.1. The average Bonchev–Trinajstić information content (AvgIpc) is 2.53. The van der Waals surface area contributed by atoms with Crippen molar-refractivity contribution in [2.75, 3.05) is 5.32 Å².